The highest BCUT2D eigenvalue weighted by atomic mass is 16.5. The van der Waals surface area contributed by atoms with Crippen LogP contribution in [0.1, 0.15) is 69.7 Å². The van der Waals surface area contributed by atoms with Gasteiger partial charge in [0.15, 0.2) is 5.82 Å². The molecular weight excluding hydrogens is 486 g/mol. The molecule has 0 radical (unpaired) electrons. The Morgan fingerprint density at radius 1 is 1.21 bits per heavy atom. The number of ether oxygens (including phenoxy) is 1. The zero-order chi connectivity index (χ0) is 27.1. The van der Waals surface area contributed by atoms with Crippen LogP contribution in [0.3, 0.4) is 0 Å². The molecule has 2 aromatic rings. The topological polar surface area (TPSA) is 146 Å². The summed E-state index contributed by atoms with van der Waals surface area (Å²) in [5.41, 5.74) is 5.05. The molecule has 204 valence electrons. The van der Waals surface area contributed by atoms with E-state index in [0.717, 1.165) is 32.1 Å². The molecule has 4 saturated carbocycles. The zero-order valence-corrected chi connectivity index (χ0v) is 22.2. The van der Waals surface area contributed by atoms with Crippen LogP contribution in [0, 0.1) is 23.2 Å². The number of rotatable bonds is 9. The Morgan fingerprint density at radius 3 is 2.58 bits per heavy atom. The monoisotopic (exact) mass is 523 g/mol. The van der Waals surface area contributed by atoms with E-state index in [1.807, 2.05) is 26.8 Å². The van der Waals surface area contributed by atoms with Gasteiger partial charge in [0.25, 0.3) is 5.91 Å². The van der Waals surface area contributed by atoms with Gasteiger partial charge < -0.3 is 21.1 Å². The average molecular weight is 524 g/mol. The van der Waals surface area contributed by atoms with E-state index in [-0.39, 0.29) is 23.3 Å². The van der Waals surface area contributed by atoms with Gasteiger partial charge in [-0.15, -0.1) is 0 Å². The van der Waals surface area contributed by atoms with Crippen LogP contribution >= 0.6 is 0 Å². The maximum absolute atomic E-state index is 13.7. The second-order valence-corrected chi connectivity index (χ2v) is 11.8. The fraction of sp³-hybridized carbons (Fsp3) is 0.593. The van der Waals surface area contributed by atoms with Crippen LogP contribution in [-0.4, -0.2) is 55.7 Å². The molecule has 4 bridgehead atoms. The molecule has 2 aromatic heterocycles. The molecule has 4 N–H and O–H groups in total. The number of nitrogens with one attached hydrogen (secondary N) is 2. The highest BCUT2D eigenvalue weighted by Gasteiger charge is 2.56. The number of amides is 3. The molecule has 2 heterocycles. The first-order valence-corrected chi connectivity index (χ1v) is 13.4. The Balaban J connectivity index is 1.35. The Labute approximate surface area is 222 Å². The first-order valence-electron chi connectivity index (χ1n) is 13.4. The third kappa shape index (κ3) is 5.19. The number of carbonyl (C=O) groups is 3. The van der Waals surface area contributed by atoms with E-state index >= 15 is 0 Å². The summed E-state index contributed by atoms with van der Waals surface area (Å²) in [5.74, 6) is 1.57. The van der Waals surface area contributed by atoms with Crippen LogP contribution in [0.4, 0.5) is 4.79 Å². The van der Waals surface area contributed by atoms with Crippen molar-refractivity contribution in [3.8, 4) is 5.82 Å². The minimum Gasteiger partial charge on any atom is -0.449 e. The summed E-state index contributed by atoms with van der Waals surface area (Å²) >= 11 is 0. The van der Waals surface area contributed by atoms with Crippen molar-refractivity contribution in [1.29, 1.82) is 0 Å². The number of carbonyl (C=O) groups excluding carboxylic acids is 3. The van der Waals surface area contributed by atoms with Gasteiger partial charge in [0.05, 0.1) is 18.3 Å². The lowest BCUT2D eigenvalue weighted by Crippen LogP contribution is -2.60. The normalized spacial score (nSPS) is 28.0. The number of hydrogen-bond acceptors (Lipinski definition) is 6. The first-order chi connectivity index (χ1) is 18.1. The highest BCUT2D eigenvalue weighted by molar-refractivity contribution is 5.97. The number of nitrogens with two attached hydrogens (primary N) is 1. The van der Waals surface area contributed by atoms with E-state index in [1.165, 1.54) is 0 Å². The summed E-state index contributed by atoms with van der Waals surface area (Å²) in [6.45, 7) is 5.97. The predicted molar refractivity (Wildman–Crippen MR) is 140 cm³/mol. The zero-order valence-electron chi connectivity index (χ0n) is 22.2. The van der Waals surface area contributed by atoms with Gasteiger partial charge in [0.1, 0.15) is 5.56 Å². The Bertz CT molecular complexity index is 1220. The molecular formula is C27H37N7O4. The smallest absolute Gasteiger partial charge is 0.404 e. The minimum absolute atomic E-state index is 0.0251. The molecule has 2 unspecified atom stereocenters. The van der Waals surface area contributed by atoms with Gasteiger partial charge in [0.2, 0.25) is 5.91 Å². The van der Waals surface area contributed by atoms with Gasteiger partial charge >= 0.3 is 6.09 Å². The van der Waals surface area contributed by atoms with Crippen molar-refractivity contribution < 1.29 is 19.1 Å². The van der Waals surface area contributed by atoms with Crippen molar-refractivity contribution in [2.24, 2.45) is 28.9 Å². The lowest BCUT2D eigenvalue weighted by Gasteiger charge is -2.59. The van der Waals surface area contributed by atoms with Crippen LogP contribution < -0.4 is 16.4 Å². The second-order valence-electron chi connectivity index (χ2n) is 11.8. The molecule has 2 atom stereocenters. The second kappa shape index (κ2) is 9.92. The van der Waals surface area contributed by atoms with E-state index in [2.05, 4.69) is 20.8 Å². The third-order valence-corrected chi connectivity index (χ3v) is 8.37. The lowest BCUT2D eigenvalue weighted by molar-refractivity contribution is -0.121. The number of aromatic nitrogens is 4. The summed E-state index contributed by atoms with van der Waals surface area (Å²) in [4.78, 5) is 36.8. The van der Waals surface area contributed by atoms with Crippen molar-refractivity contribution >= 4 is 24.1 Å². The molecule has 6 rings (SSSR count). The van der Waals surface area contributed by atoms with E-state index in [4.69, 9.17) is 10.5 Å². The summed E-state index contributed by atoms with van der Waals surface area (Å²) in [5, 5.41) is 15.1. The van der Waals surface area contributed by atoms with Gasteiger partial charge in [-0.05, 0) is 75.8 Å². The maximum atomic E-state index is 13.7. The molecule has 4 aliphatic rings. The van der Waals surface area contributed by atoms with E-state index < -0.39 is 11.6 Å². The van der Waals surface area contributed by atoms with Gasteiger partial charge in [-0.3, -0.25) is 9.59 Å². The molecule has 3 amide bonds. The van der Waals surface area contributed by atoms with E-state index in [9.17, 15) is 14.4 Å². The van der Waals surface area contributed by atoms with Crippen LogP contribution in [0.2, 0.25) is 0 Å². The molecule has 0 aromatic carbocycles. The number of nitrogens with zero attached hydrogens (tertiary/aromatic N) is 4. The van der Waals surface area contributed by atoms with Crippen molar-refractivity contribution in [1.82, 2.24) is 30.2 Å². The summed E-state index contributed by atoms with van der Waals surface area (Å²) in [6.07, 6.45) is 13.3. The van der Waals surface area contributed by atoms with Gasteiger partial charge in [-0.2, -0.15) is 10.2 Å². The van der Waals surface area contributed by atoms with Crippen LogP contribution in [0.25, 0.3) is 12.0 Å². The molecule has 0 aliphatic heterocycles. The largest absolute Gasteiger partial charge is 0.449 e. The number of primary amides is 1. The van der Waals surface area contributed by atoms with Gasteiger partial charge in [-0.1, -0.05) is 6.92 Å². The van der Waals surface area contributed by atoms with E-state index in [1.54, 1.807) is 40.2 Å². The fourth-order valence-electron chi connectivity index (χ4n) is 7.05. The van der Waals surface area contributed by atoms with E-state index in [0.29, 0.717) is 42.2 Å². The van der Waals surface area contributed by atoms with Crippen LogP contribution in [-0.2, 0) is 9.53 Å². The molecule has 11 nitrogen and oxygen atoms in total. The van der Waals surface area contributed by atoms with Crippen LogP contribution in [0.5, 0.6) is 0 Å². The Kier molecular flexibility index (Phi) is 6.79. The third-order valence-electron chi connectivity index (χ3n) is 8.37. The molecule has 4 fully saturated rings. The molecule has 4 aliphatic carbocycles. The highest BCUT2D eigenvalue weighted by Crippen LogP contribution is 2.60. The summed E-state index contributed by atoms with van der Waals surface area (Å²) in [6, 6.07) is 1.85. The van der Waals surface area contributed by atoms with Crippen molar-refractivity contribution in [2.75, 3.05) is 6.61 Å². The van der Waals surface area contributed by atoms with Crippen molar-refractivity contribution in [3.63, 3.8) is 0 Å². The summed E-state index contributed by atoms with van der Waals surface area (Å²) < 4.78 is 8.48. The number of hydrogen-bond donors (Lipinski definition) is 3. The standard InChI is InChI=1S/C27H37N7O4/c1-4-21(35)32-26(2,3)6-9-34-24(33-8-5-7-29-33)20(15-30-34)23(36)31-22-18-10-17-11-19(22)14-27(12-17,13-18)16-38-25(28)37/h5-9,15,17-19,22H,4,10-14,16H2,1-3H3,(H2,28,37)(H,31,36)(H,32,35)/b9-6+. The minimum atomic E-state index is -0.723. The molecule has 38 heavy (non-hydrogen) atoms. The fourth-order valence-corrected chi connectivity index (χ4v) is 7.05. The van der Waals surface area contributed by atoms with Gasteiger partial charge in [-0.25, -0.2) is 14.2 Å². The Hall–Kier alpha value is -3.63. The maximum Gasteiger partial charge on any atom is 0.404 e. The molecule has 11 heteroatoms. The first kappa shape index (κ1) is 26.0. The predicted octanol–water partition coefficient (Wildman–Crippen LogP) is 2.86. The lowest BCUT2D eigenvalue weighted by atomic mass is 9.48. The molecule has 0 spiro atoms. The average Bonchev–Trinajstić information content (AvgIpc) is 3.53. The van der Waals surface area contributed by atoms with Crippen molar-refractivity contribution in [3.05, 3.63) is 36.3 Å². The SMILES string of the molecule is CCC(=O)NC(C)(C)/C=C/n1ncc(C(=O)NC2C3CC4CC2CC(COC(N)=O)(C4)C3)c1-n1cccn1. The van der Waals surface area contributed by atoms with Gasteiger partial charge in [0, 0.05) is 36.5 Å². The molecule has 0 saturated heterocycles. The van der Waals surface area contributed by atoms with Crippen LogP contribution in [0.15, 0.2) is 30.7 Å². The van der Waals surface area contributed by atoms with Crippen molar-refractivity contribution in [2.45, 2.75) is 70.9 Å². The quantitative estimate of drug-likeness (QED) is 0.461. The summed E-state index contributed by atoms with van der Waals surface area (Å²) in [7, 11) is 0. The Morgan fingerprint density at radius 2 is 1.95 bits per heavy atom.